The van der Waals surface area contributed by atoms with Gasteiger partial charge in [0.2, 0.25) is 0 Å². The van der Waals surface area contributed by atoms with Gasteiger partial charge in [-0.2, -0.15) is 0 Å². The summed E-state index contributed by atoms with van der Waals surface area (Å²) in [7, 11) is 0. The van der Waals surface area contributed by atoms with E-state index >= 15 is 0 Å². The molecule has 32 heavy (non-hydrogen) atoms. The van der Waals surface area contributed by atoms with Crippen molar-refractivity contribution in [1.82, 2.24) is 10.2 Å². The lowest BCUT2D eigenvalue weighted by molar-refractivity contribution is -0.123. The summed E-state index contributed by atoms with van der Waals surface area (Å²) in [5.41, 5.74) is 2.12. The summed E-state index contributed by atoms with van der Waals surface area (Å²) in [5, 5.41) is 2.55. The van der Waals surface area contributed by atoms with Gasteiger partial charge in [-0.3, -0.25) is 9.69 Å². The summed E-state index contributed by atoms with van der Waals surface area (Å²) in [6.45, 7) is 0.271. The highest BCUT2D eigenvalue weighted by molar-refractivity contribution is 9.10. The molecule has 4 rings (SSSR count). The van der Waals surface area contributed by atoms with Gasteiger partial charge in [-0.05, 0) is 63.5 Å². The molecule has 0 aromatic heterocycles. The van der Waals surface area contributed by atoms with E-state index in [1.807, 2.05) is 24.3 Å². The second-order valence-corrected chi connectivity index (χ2v) is 8.85. The van der Waals surface area contributed by atoms with Gasteiger partial charge in [0.05, 0.1) is 11.0 Å². The van der Waals surface area contributed by atoms with Crippen LogP contribution in [0.4, 0.5) is 9.18 Å². The average Bonchev–Trinajstić information content (AvgIpc) is 3.03. The summed E-state index contributed by atoms with van der Waals surface area (Å²) in [6, 6.07) is 18.7. The van der Waals surface area contributed by atoms with Gasteiger partial charge in [0.25, 0.3) is 5.91 Å². The van der Waals surface area contributed by atoms with Crippen LogP contribution in [0, 0.1) is 5.82 Å². The van der Waals surface area contributed by atoms with Crippen LogP contribution in [0.2, 0.25) is 0 Å². The molecule has 8 heteroatoms. The third-order valence-electron chi connectivity index (χ3n) is 4.82. The summed E-state index contributed by atoms with van der Waals surface area (Å²) >= 11 is 6.89. The molecule has 3 amide bonds. The zero-order valence-electron chi connectivity index (χ0n) is 16.6. The molecular formula is C24H17Br2FN2O3. The van der Waals surface area contributed by atoms with Crippen molar-refractivity contribution in [3.05, 3.63) is 104 Å². The van der Waals surface area contributed by atoms with Crippen molar-refractivity contribution < 1.29 is 18.7 Å². The Labute approximate surface area is 201 Å². The fourth-order valence-electron chi connectivity index (χ4n) is 3.14. The summed E-state index contributed by atoms with van der Waals surface area (Å²) in [4.78, 5) is 25.9. The smallest absolute Gasteiger partial charge is 0.329 e. The monoisotopic (exact) mass is 558 g/mol. The average molecular weight is 560 g/mol. The van der Waals surface area contributed by atoms with E-state index in [1.54, 1.807) is 42.5 Å². The molecule has 5 nitrogen and oxygen atoms in total. The van der Waals surface area contributed by atoms with Crippen LogP contribution < -0.4 is 10.1 Å². The molecule has 0 unspecified atom stereocenters. The van der Waals surface area contributed by atoms with Gasteiger partial charge in [-0.25, -0.2) is 9.18 Å². The second kappa shape index (κ2) is 9.67. The molecule has 0 atom stereocenters. The van der Waals surface area contributed by atoms with Crippen molar-refractivity contribution in [3.63, 3.8) is 0 Å². The zero-order chi connectivity index (χ0) is 22.7. The lowest BCUT2D eigenvalue weighted by Crippen LogP contribution is -2.30. The van der Waals surface area contributed by atoms with Crippen LogP contribution >= 0.6 is 31.9 Å². The number of urea groups is 1. The van der Waals surface area contributed by atoms with Crippen LogP contribution in [-0.4, -0.2) is 16.8 Å². The number of hydrogen-bond donors (Lipinski definition) is 1. The first kappa shape index (κ1) is 22.2. The lowest BCUT2D eigenvalue weighted by atomic mass is 10.1. The maximum absolute atomic E-state index is 13.9. The van der Waals surface area contributed by atoms with Crippen LogP contribution in [0.25, 0.3) is 6.08 Å². The number of amides is 3. The molecule has 1 aliphatic rings. The first-order chi connectivity index (χ1) is 15.4. The number of ether oxygens (including phenoxy) is 1. The number of imide groups is 1. The molecule has 1 heterocycles. The molecule has 162 valence electrons. The van der Waals surface area contributed by atoms with Gasteiger partial charge < -0.3 is 10.1 Å². The highest BCUT2D eigenvalue weighted by Crippen LogP contribution is 2.28. The normalized spacial score (nSPS) is 14.7. The highest BCUT2D eigenvalue weighted by atomic mass is 79.9. The maximum Gasteiger partial charge on any atom is 0.329 e. The van der Waals surface area contributed by atoms with Crippen molar-refractivity contribution in [1.29, 1.82) is 0 Å². The largest absolute Gasteiger partial charge is 0.488 e. The fourth-order valence-corrected chi connectivity index (χ4v) is 3.92. The Kier molecular flexibility index (Phi) is 6.72. The summed E-state index contributed by atoms with van der Waals surface area (Å²) in [5.74, 6) is -0.323. The first-order valence-corrected chi connectivity index (χ1v) is 11.2. The number of carbonyl (C=O) groups is 2. The van der Waals surface area contributed by atoms with Gasteiger partial charge >= 0.3 is 6.03 Å². The van der Waals surface area contributed by atoms with E-state index in [4.69, 9.17) is 4.74 Å². The number of nitrogens with one attached hydrogen (secondary N) is 1. The first-order valence-electron chi connectivity index (χ1n) is 9.65. The van der Waals surface area contributed by atoms with Crippen molar-refractivity contribution >= 4 is 49.9 Å². The molecule has 1 N–H and O–H groups in total. The van der Waals surface area contributed by atoms with E-state index in [-0.39, 0.29) is 17.8 Å². The van der Waals surface area contributed by atoms with Crippen LogP contribution in [-0.2, 0) is 17.9 Å². The van der Waals surface area contributed by atoms with Crippen LogP contribution in [0.3, 0.4) is 0 Å². The SMILES string of the molecule is O=C1N/C(=C/c2ccc(OCc3ccc(Br)cc3)c(Br)c2)C(=O)N1Cc1ccccc1F. The molecule has 3 aromatic rings. The highest BCUT2D eigenvalue weighted by Gasteiger charge is 2.34. The Balaban J connectivity index is 1.45. The Morgan fingerprint density at radius 2 is 1.75 bits per heavy atom. The third-order valence-corrected chi connectivity index (χ3v) is 5.97. The molecular weight excluding hydrogens is 543 g/mol. The minimum absolute atomic E-state index is 0.127. The molecule has 0 spiro atoms. The molecule has 0 radical (unpaired) electrons. The van der Waals surface area contributed by atoms with Gasteiger partial charge in [-0.15, -0.1) is 0 Å². The van der Waals surface area contributed by atoms with Gasteiger partial charge in [0.15, 0.2) is 0 Å². The van der Waals surface area contributed by atoms with Crippen molar-refractivity contribution in [2.24, 2.45) is 0 Å². The van der Waals surface area contributed by atoms with Crippen molar-refractivity contribution in [2.75, 3.05) is 0 Å². The molecule has 1 fully saturated rings. The number of nitrogens with zero attached hydrogens (tertiary/aromatic N) is 1. The van der Waals surface area contributed by atoms with Crippen LogP contribution in [0.1, 0.15) is 16.7 Å². The van der Waals surface area contributed by atoms with Crippen molar-refractivity contribution in [2.45, 2.75) is 13.2 Å². The Hall–Kier alpha value is -2.97. The zero-order valence-corrected chi connectivity index (χ0v) is 19.8. The number of halogens is 3. The van der Waals surface area contributed by atoms with Gasteiger partial charge in [-0.1, -0.05) is 52.3 Å². The van der Waals surface area contributed by atoms with E-state index in [2.05, 4.69) is 37.2 Å². The van der Waals surface area contributed by atoms with E-state index in [9.17, 15) is 14.0 Å². The minimum Gasteiger partial charge on any atom is -0.488 e. The van der Waals surface area contributed by atoms with Gasteiger partial charge in [0, 0.05) is 10.0 Å². The molecule has 0 aliphatic carbocycles. The quantitative estimate of drug-likeness (QED) is 0.297. The van der Waals surface area contributed by atoms with Crippen LogP contribution in [0.15, 0.2) is 81.4 Å². The lowest BCUT2D eigenvalue weighted by Gasteiger charge is -2.12. The molecule has 1 aliphatic heterocycles. The molecule has 1 saturated heterocycles. The number of rotatable bonds is 6. The second-order valence-electron chi connectivity index (χ2n) is 7.08. The predicted molar refractivity (Wildman–Crippen MR) is 126 cm³/mol. The Morgan fingerprint density at radius 1 is 1.00 bits per heavy atom. The van der Waals surface area contributed by atoms with Gasteiger partial charge in [0.1, 0.15) is 23.9 Å². The number of carbonyl (C=O) groups excluding carboxylic acids is 2. The van der Waals surface area contributed by atoms with E-state index in [0.29, 0.717) is 22.4 Å². The van der Waals surface area contributed by atoms with E-state index < -0.39 is 17.8 Å². The number of hydrogen-bond acceptors (Lipinski definition) is 3. The maximum atomic E-state index is 13.9. The topological polar surface area (TPSA) is 58.6 Å². The molecule has 0 bridgehead atoms. The number of benzene rings is 3. The van der Waals surface area contributed by atoms with Crippen molar-refractivity contribution in [3.8, 4) is 5.75 Å². The van der Waals surface area contributed by atoms with E-state index in [1.165, 1.54) is 6.07 Å². The standard InChI is InChI=1S/C24H17Br2FN2O3/c25-18-8-5-15(6-9-18)14-32-22-10-7-16(11-19(22)26)12-21-23(30)29(24(31)28-21)13-17-3-1-2-4-20(17)27/h1-12H,13-14H2,(H,28,31)/b21-12+. The molecule has 0 saturated carbocycles. The Morgan fingerprint density at radius 3 is 2.47 bits per heavy atom. The summed E-state index contributed by atoms with van der Waals surface area (Å²) in [6.07, 6.45) is 1.57. The summed E-state index contributed by atoms with van der Waals surface area (Å²) < 4.78 is 21.5. The fraction of sp³-hybridized carbons (Fsp3) is 0.0833. The third kappa shape index (κ3) is 5.08. The minimum atomic E-state index is -0.585. The molecule has 3 aromatic carbocycles. The Bertz CT molecular complexity index is 1210. The van der Waals surface area contributed by atoms with E-state index in [0.717, 1.165) is 14.9 Å². The van der Waals surface area contributed by atoms with Crippen LogP contribution in [0.5, 0.6) is 5.75 Å². The predicted octanol–water partition coefficient (Wildman–Crippen LogP) is 6.02.